The van der Waals surface area contributed by atoms with E-state index in [1.54, 1.807) is 0 Å². The molecule has 2 aliphatic heterocycles. The number of hydrogen-bond acceptors (Lipinski definition) is 4. The predicted octanol–water partition coefficient (Wildman–Crippen LogP) is 2.13. The number of carbonyl (C=O) groups is 1. The number of carbonyl (C=O) groups excluding carboxylic acids is 1. The Morgan fingerprint density at radius 3 is 2.56 bits per heavy atom. The minimum atomic E-state index is -0.00664. The van der Waals surface area contributed by atoms with E-state index in [0.717, 1.165) is 51.1 Å². The summed E-state index contributed by atoms with van der Waals surface area (Å²) in [6.45, 7) is 8.57. The lowest BCUT2D eigenvalue weighted by Gasteiger charge is -2.38. The number of ether oxygens (including phenoxy) is 2. The molecule has 0 bridgehead atoms. The van der Waals surface area contributed by atoms with Crippen LogP contribution in [0.1, 0.15) is 31.2 Å². The van der Waals surface area contributed by atoms with Crippen LogP contribution in [0.3, 0.4) is 0 Å². The Labute approximate surface area is 150 Å². The third-order valence-corrected chi connectivity index (χ3v) is 5.11. The van der Waals surface area contributed by atoms with Crippen molar-refractivity contribution in [1.82, 2.24) is 9.80 Å². The first-order chi connectivity index (χ1) is 12.3. The van der Waals surface area contributed by atoms with Gasteiger partial charge in [0, 0.05) is 32.7 Å². The maximum absolute atomic E-state index is 13.0. The Balaban J connectivity index is 1.52. The summed E-state index contributed by atoms with van der Waals surface area (Å²) in [5.74, 6) is 0.276. The molecule has 2 heterocycles. The number of piperazine rings is 1. The highest BCUT2D eigenvalue weighted by Crippen LogP contribution is 2.24. The normalized spacial score (nSPS) is 23.4. The molecule has 2 aliphatic rings. The Morgan fingerprint density at radius 1 is 1.16 bits per heavy atom. The molecule has 2 atom stereocenters. The molecular formula is C20H30N2O3. The molecule has 2 unspecified atom stereocenters. The molecule has 25 heavy (non-hydrogen) atoms. The molecule has 0 radical (unpaired) electrons. The molecule has 2 fully saturated rings. The zero-order valence-corrected chi connectivity index (χ0v) is 15.2. The number of hydrogen-bond donors (Lipinski definition) is 0. The van der Waals surface area contributed by atoms with Crippen molar-refractivity contribution < 1.29 is 14.3 Å². The smallest absolute Gasteiger partial charge is 0.230 e. The van der Waals surface area contributed by atoms with Crippen LogP contribution in [0.25, 0.3) is 0 Å². The molecule has 3 rings (SSSR count). The second-order valence-electron chi connectivity index (χ2n) is 6.95. The maximum Gasteiger partial charge on any atom is 0.230 e. The molecule has 0 aliphatic carbocycles. The second-order valence-corrected chi connectivity index (χ2v) is 6.95. The van der Waals surface area contributed by atoms with Gasteiger partial charge in [-0.1, -0.05) is 43.7 Å². The van der Waals surface area contributed by atoms with Crippen LogP contribution in [0.4, 0.5) is 0 Å². The molecule has 138 valence electrons. The Bertz CT molecular complexity index is 523. The van der Waals surface area contributed by atoms with Crippen LogP contribution in [0.2, 0.25) is 0 Å². The van der Waals surface area contributed by atoms with Gasteiger partial charge >= 0.3 is 0 Å². The number of amides is 1. The highest BCUT2D eigenvalue weighted by atomic mass is 16.6. The van der Waals surface area contributed by atoms with Gasteiger partial charge in [0.25, 0.3) is 0 Å². The topological polar surface area (TPSA) is 42.0 Å². The van der Waals surface area contributed by atoms with Crippen molar-refractivity contribution in [2.45, 2.75) is 31.8 Å². The van der Waals surface area contributed by atoms with Gasteiger partial charge in [-0.3, -0.25) is 9.69 Å². The number of benzene rings is 1. The lowest BCUT2D eigenvalue weighted by molar-refractivity contribution is -0.135. The summed E-state index contributed by atoms with van der Waals surface area (Å²) in [6.07, 6.45) is 2.11. The molecule has 5 nitrogen and oxygen atoms in total. The minimum Gasteiger partial charge on any atom is -0.376 e. The summed E-state index contributed by atoms with van der Waals surface area (Å²) in [5, 5.41) is 0. The van der Waals surface area contributed by atoms with Crippen molar-refractivity contribution in [3.05, 3.63) is 35.9 Å². The van der Waals surface area contributed by atoms with Gasteiger partial charge in [0.05, 0.1) is 31.8 Å². The molecule has 0 N–H and O–H groups in total. The van der Waals surface area contributed by atoms with Gasteiger partial charge in [-0.15, -0.1) is 0 Å². The van der Waals surface area contributed by atoms with E-state index in [1.165, 1.54) is 0 Å². The lowest BCUT2D eigenvalue weighted by atomic mass is 9.93. The van der Waals surface area contributed by atoms with Crippen LogP contribution in [-0.4, -0.2) is 74.4 Å². The first-order valence-electron chi connectivity index (χ1n) is 9.53. The summed E-state index contributed by atoms with van der Waals surface area (Å²) < 4.78 is 11.2. The van der Waals surface area contributed by atoms with E-state index >= 15 is 0 Å². The van der Waals surface area contributed by atoms with E-state index in [0.29, 0.717) is 19.8 Å². The van der Waals surface area contributed by atoms with Crippen LogP contribution in [-0.2, 0) is 14.3 Å². The average molecular weight is 346 g/mol. The van der Waals surface area contributed by atoms with E-state index in [-0.39, 0.29) is 17.9 Å². The predicted molar refractivity (Wildman–Crippen MR) is 97.7 cm³/mol. The zero-order valence-electron chi connectivity index (χ0n) is 15.2. The van der Waals surface area contributed by atoms with Crippen molar-refractivity contribution in [1.29, 1.82) is 0 Å². The zero-order chi connectivity index (χ0) is 17.5. The maximum atomic E-state index is 13.0. The fourth-order valence-electron chi connectivity index (χ4n) is 3.71. The van der Waals surface area contributed by atoms with Crippen LogP contribution < -0.4 is 0 Å². The van der Waals surface area contributed by atoms with Gasteiger partial charge in [-0.2, -0.15) is 0 Å². The minimum absolute atomic E-state index is 0.00664. The Hall–Kier alpha value is -1.43. The summed E-state index contributed by atoms with van der Waals surface area (Å²) in [5.41, 5.74) is 1.14. The molecule has 0 spiro atoms. The van der Waals surface area contributed by atoms with Gasteiger partial charge in [0.15, 0.2) is 0 Å². The molecule has 2 saturated heterocycles. The van der Waals surface area contributed by atoms with Gasteiger partial charge in [0.2, 0.25) is 5.91 Å². The average Bonchev–Trinajstić information content (AvgIpc) is 2.68. The van der Waals surface area contributed by atoms with Crippen LogP contribution >= 0.6 is 0 Å². The van der Waals surface area contributed by atoms with E-state index < -0.39 is 0 Å². The summed E-state index contributed by atoms with van der Waals surface area (Å²) in [6, 6.07) is 10.2. The highest BCUT2D eigenvalue weighted by molar-refractivity contribution is 5.83. The first-order valence-corrected chi connectivity index (χ1v) is 9.53. The van der Waals surface area contributed by atoms with Crippen molar-refractivity contribution in [3.8, 4) is 0 Å². The third kappa shape index (κ3) is 5.03. The summed E-state index contributed by atoms with van der Waals surface area (Å²) >= 11 is 0. The fraction of sp³-hybridized carbons (Fsp3) is 0.650. The van der Waals surface area contributed by atoms with E-state index in [4.69, 9.17) is 9.47 Å². The molecule has 5 heteroatoms. The quantitative estimate of drug-likeness (QED) is 0.791. The first kappa shape index (κ1) is 18.4. The molecule has 0 aromatic heterocycles. The van der Waals surface area contributed by atoms with Crippen LogP contribution in [0.5, 0.6) is 0 Å². The number of nitrogens with zero attached hydrogens (tertiary/aromatic N) is 2. The van der Waals surface area contributed by atoms with Gasteiger partial charge in [-0.05, 0) is 12.0 Å². The van der Waals surface area contributed by atoms with E-state index in [1.807, 2.05) is 23.1 Å². The fourth-order valence-corrected chi connectivity index (χ4v) is 3.71. The van der Waals surface area contributed by atoms with Crippen LogP contribution in [0.15, 0.2) is 30.3 Å². The largest absolute Gasteiger partial charge is 0.376 e. The standard InChI is InChI=1S/C20H30N2O3/c1-2-6-19(17-7-4-3-5-8-17)20(23)22-11-9-21(10-12-22)15-18-16-24-13-14-25-18/h3-5,7-8,18-19H,2,6,9-16H2,1H3. The van der Waals surface area contributed by atoms with Crippen molar-refractivity contribution >= 4 is 5.91 Å². The van der Waals surface area contributed by atoms with Gasteiger partial charge in [-0.25, -0.2) is 0 Å². The summed E-state index contributed by atoms with van der Waals surface area (Å²) in [4.78, 5) is 17.5. The Kier molecular flexibility index (Phi) is 6.84. The van der Waals surface area contributed by atoms with Crippen molar-refractivity contribution in [3.63, 3.8) is 0 Å². The molecule has 1 amide bonds. The summed E-state index contributed by atoms with van der Waals surface area (Å²) in [7, 11) is 0. The van der Waals surface area contributed by atoms with Crippen LogP contribution in [0, 0.1) is 0 Å². The lowest BCUT2D eigenvalue weighted by Crippen LogP contribution is -2.52. The third-order valence-electron chi connectivity index (χ3n) is 5.11. The van der Waals surface area contributed by atoms with E-state index in [2.05, 4.69) is 24.0 Å². The second kappa shape index (κ2) is 9.32. The van der Waals surface area contributed by atoms with Gasteiger partial charge in [0.1, 0.15) is 0 Å². The Morgan fingerprint density at radius 2 is 1.92 bits per heavy atom. The van der Waals surface area contributed by atoms with Crippen molar-refractivity contribution in [2.75, 3.05) is 52.5 Å². The van der Waals surface area contributed by atoms with Gasteiger partial charge < -0.3 is 14.4 Å². The van der Waals surface area contributed by atoms with E-state index in [9.17, 15) is 4.79 Å². The molecule has 1 aromatic carbocycles. The van der Waals surface area contributed by atoms with Crippen molar-refractivity contribution in [2.24, 2.45) is 0 Å². The molecule has 0 saturated carbocycles. The highest BCUT2D eigenvalue weighted by Gasteiger charge is 2.29. The monoisotopic (exact) mass is 346 g/mol. The SMILES string of the molecule is CCCC(C(=O)N1CCN(CC2COCCO2)CC1)c1ccccc1. The number of rotatable bonds is 6. The molecule has 1 aromatic rings. The molecular weight excluding hydrogens is 316 g/mol.